The SMILES string of the molecule is NC(NC(/C=C/c1ccc(-c2c3ccccc3cc3c2ccc2ccccc23)c2ccccc12)c1cc2ccccc2c2ccccc12)c1ccccc1. The fourth-order valence-corrected chi connectivity index (χ4v) is 8.54. The zero-order valence-corrected chi connectivity index (χ0v) is 29.8. The van der Waals surface area contributed by atoms with Crippen molar-refractivity contribution in [2.45, 2.75) is 12.2 Å². The summed E-state index contributed by atoms with van der Waals surface area (Å²) in [5.41, 5.74) is 12.8. The van der Waals surface area contributed by atoms with Crippen LogP contribution in [0.1, 0.15) is 28.9 Å². The van der Waals surface area contributed by atoms with Crippen LogP contribution < -0.4 is 11.1 Å². The Balaban J connectivity index is 1.15. The molecule has 256 valence electrons. The van der Waals surface area contributed by atoms with E-state index < -0.39 is 0 Å². The van der Waals surface area contributed by atoms with Gasteiger partial charge < -0.3 is 5.73 Å². The maximum Gasteiger partial charge on any atom is 0.0817 e. The molecule has 10 rings (SSSR count). The van der Waals surface area contributed by atoms with Crippen LogP contribution in [0.3, 0.4) is 0 Å². The Kier molecular flexibility index (Phi) is 7.99. The van der Waals surface area contributed by atoms with Gasteiger partial charge in [-0.05, 0) is 105 Å². The molecule has 3 N–H and O–H groups in total. The smallest absolute Gasteiger partial charge is 0.0817 e. The van der Waals surface area contributed by atoms with Crippen LogP contribution in [0.25, 0.3) is 81.8 Å². The fourth-order valence-electron chi connectivity index (χ4n) is 8.54. The topological polar surface area (TPSA) is 38.0 Å². The molecule has 2 nitrogen and oxygen atoms in total. The van der Waals surface area contributed by atoms with Crippen LogP contribution in [-0.4, -0.2) is 0 Å². The molecule has 2 unspecified atom stereocenters. The fraction of sp³-hybridized carbons (Fsp3) is 0.0385. The molecule has 54 heavy (non-hydrogen) atoms. The number of hydrogen-bond acceptors (Lipinski definition) is 2. The third-order valence-corrected chi connectivity index (χ3v) is 11.1. The molecule has 0 aliphatic carbocycles. The molecular formula is C52H38N2. The highest BCUT2D eigenvalue weighted by molar-refractivity contribution is 6.22. The van der Waals surface area contributed by atoms with Gasteiger partial charge in [-0.25, -0.2) is 0 Å². The van der Waals surface area contributed by atoms with Crippen LogP contribution in [0.2, 0.25) is 0 Å². The molecule has 0 amide bonds. The molecule has 0 radical (unpaired) electrons. The summed E-state index contributed by atoms with van der Waals surface area (Å²) in [5.74, 6) is 0. The Morgan fingerprint density at radius 2 is 0.981 bits per heavy atom. The molecular weight excluding hydrogens is 653 g/mol. The summed E-state index contributed by atoms with van der Waals surface area (Å²) >= 11 is 0. The van der Waals surface area contributed by atoms with Crippen LogP contribution in [0.5, 0.6) is 0 Å². The Bertz CT molecular complexity index is 3050. The maximum atomic E-state index is 6.91. The third kappa shape index (κ3) is 5.52. The molecule has 0 aliphatic heterocycles. The van der Waals surface area contributed by atoms with E-state index in [1.54, 1.807) is 0 Å². The van der Waals surface area contributed by atoms with Gasteiger partial charge in [0.05, 0.1) is 12.2 Å². The highest BCUT2D eigenvalue weighted by atomic mass is 15.0. The van der Waals surface area contributed by atoms with Crippen molar-refractivity contribution in [1.82, 2.24) is 5.32 Å². The van der Waals surface area contributed by atoms with Gasteiger partial charge in [-0.15, -0.1) is 0 Å². The second-order valence-electron chi connectivity index (χ2n) is 14.2. The average molecular weight is 691 g/mol. The van der Waals surface area contributed by atoms with Gasteiger partial charge in [-0.3, -0.25) is 5.32 Å². The summed E-state index contributed by atoms with van der Waals surface area (Å²) in [7, 11) is 0. The molecule has 0 bridgehead atoms. The van der Waals surface area contributed by atoms with E-state index in [9.17, 15) is 0 Å². The molecule has 0 heterocycles. The van der Waals surface area contributed by atoms with Crippen molar-refractivity contribution in [2.24, 2.45) is 5.73 Å². The van der Waals surface area contributed by atoms with Gasteiger partial charge in [0.25, 0.3) is 0 Å². The summed E-state index contributed by atoms with van der Waals surface area (Å²) in [6.07, 6.45) is 4.21. The Morgan fingerprint density at radius 3 is 1.74 bits per heavy atom. The Hall–Kier alpha value is -6.58. The van der Waals surface area contributed by atoms with Crippen molar-refractivity contribution in [3.63, 3.8) is 0 Å². The molecule has 10 aromatic carbocycles. The maximum absolute atomic E-state index is 6.91. The number of nitrogens with two attached hydrogens (primary N) is 1. The minimum Gasteiger partial charge on any atom is -0.312 e. The van der Waals surface area contributed by atoms with E-state index in [0.29, 0.717) is 0 Å². The summed E-state index contributed by atoms with van der Waals surface area (Å²) in [6, 6.07) is 67.7. The zero-order chi connectivity index (χ0) is 36.0. The highest BCUT2D eigenvalue weighted by Gasteiger charge is 2.19. The summed E-state index contributed by atoms with van der Waals surface area (Å²) in [4.78, 5) is 0. The van der Waals surface area contributed by atoms with Crippen LogP contribution >= 0.6 is 0 Å². The molecule has 2 heteroatoms. The summed E-state index contributed by atoms with van der Waals surface area (Å²) in [5, 5.41) is 18.8. The van der Waals surface area contributed by atoms with E-state index in [2.05, 4.69) is 187 Å². The van der Waals surface area contributed by atoms with Crippen molar-refractivity contribution in [3.8, 4) is 11.1 Å². The van der Waals surface area contributed by atoms with Gasteiger partial charge in [0.2, 0.25) is 0 Å². The first-order valence-corrected chi connectivity index (χ1v) is 18.7. The second kappa shape index (κ2) is 13.4. The standard InChI is InChI=1S/C52H38N2/c53-52(36-15-2-1-3-16-36)54-50(49-33-37-17-5-8-21-41(37)43-23-12-13-25-45(43)49)31-28-35-27-29-46(44-24-11-10-19-39(35)44)51-42-22-9-6-18-38(42)32-48-40-20-7-4-14-34(40)26-30-47(48)51/h1-33,50,52,54H,53H2/b31-28+. The van der Waals surface area contributed by atoms with E-state index in [0.717, 1.165) is 11.1 Å². The predicted octanol–water partition coefficient (Wildman–Crippen LogP) is 13.3. The third-order valence-electron chi connectivity index (χ3n) is 11.1. The minimum absolute atomic E-state index is 0.163. The summed E-state index contributed by atoms with van der Waals surface area (Å²) < 4.78 is 0. The number of fused-ring (bicyclic) bond motifs is 8. The van der Waals surface area contributed by atoms with Gasteiger partial charge in [-0.2, -0.15) is 0 Å². The monoisotopic (exact) mass is 690 g/mol. The van der Waals surface area contributed by atoms with Crippen LogP contribution in [-0.2, 0) is 0 Å². The van der Waals surface area contributed by atoms with E-state index in [1.165, 1.54) is 81.3 Å². The molecule has 0 aromatic heterocycles. The van der Waals surface area contributed by atoms with Crippen LogP contribution in [0.4, 0.5) is 0 Å². The van der Waals surface area contributed by atoms with Gasteiger partial charge in [0, 0.05) is 0 Å². The highest BCUT2D eigenvalue weighted by Crippen LogP contribution is 2.43. The number of hydrogen-bond donors (Lipinski definition) is 2. The molecule has 0 saturated carbocycles. The minimum atomic E-state index is -0.360. The lowest BCUT2D eigenvalue weighted by molar-refractivity contribution is 0.511. The number of nitrogens with one attached hydrogen (secondary N) is 1. The molecule has 0 saturated heterocycles. The molecule has 10 aromatic rings. The van der Waals surface area contributed by atoms with Crippen LogP contribution in [0.15, 0.2) is 194 Å². The van der Waals surface area contributed by atoms with Crippen molar-refractivity contribution < 1.29 is 0 Å². The average Bonchev–Trinajstić information content (AvgIpc) is 3.24. The Morgan fingerprint density at radius 1 is 0.407 bits per heavy atom. The molecule has 0 fully saturated rings. The van der Waals surface area contributed by atoms with Gasteiger partial charge in [0.15, 0.2) is 0 Å². The van der Waals surface area contributed by atoms with Crippen LogP contribution in [0, 0.1) is 0 Å². The van der Waals surface area contributed by atoms with Crippen molar-refractivity contribution in [1.29, 1.82) is 0 Å². The van der Waals surface area contributed by atoms with Gasteiger partial charge in [-0.1, -0.05) is 188 Å². The summed E-state index contributed by atoms with van der Waals surface area (Å²) in [6.45, 7) is 0. The van der Waals surface area contributed by atoms with E-state index in [-0.39, 0.29) is 12.2 Å². The zero-order valence-electron chi connectivity index (χ0n) is 29.8. The van der Waals surface area contributed by atoms with E-state index in [4.69, 9.17) is 5.73 Å². The van der Waals surface area contributed by atoms with Crippen molar-refractivity contribution >= 4 is 70.7 Å². The number of rotatable bonds is 7. The quantitative estimate of drug-likeness (QED) is 0.0992. The lowest BCUT2D eigenvalue weighted by Crippen LogP contribution is -2.31. The Labute approximate surface area is 314 Å². The lowest BCUT2D eigenvalue weighted by Gasteiger charge is -2.24. The number of benzene rings is 10. The van der Waals surface area contributed by atoms with Gasteiger partial charge >= 0.3 is 0 Å². The lowest BCUT2D eigenvalue weighted by atomic mass is 9.87. The predicted molar refractivity (Wildman–Crippen MR) is 232 cm³/mol. The van der Waals surface area contributed by atoms with Gasteiger partial charge in [0.1, 0.15) is 0 Å². The normalized spacial score (nSPS) is 13.1. The van der Waals surface area contributed by atoms with E-state index in [1.807, 2.05) is 18.2 Å². The molecule has 0 spiro atoms. The molecule has 0 aliphatic rings. The molecule has 2 atom stereocenters. The first kappa shape index (κ1) is 32.1. The van der Waals surface area contributed by atoms with E-state index >= 15 is 0 Å². The van der Waals surface area contributed by atoms with Crippen molar-refractivity contribution in [3.05, 3.63) is 211 Å². The second-order valence-corrected chi connectivity index (χ2v) is 14.2. The largest absolute Gasteiger partial charge is 0.312 e. The first-order chi connectivity index (χ1) is 26.7. The van der Waals surface area contributed by atoms with Crippen molar-refractivity contribution in [2.75, 3.05) is 0 Å². The first-order valence-electron chi connectivity index (χ1n) is 18.7.